The number of hydrogen-bond donors (Lipinski definition) is 3. The molecule has 0 unspecified atom stereocenters. The Balaban J connectivity index is 0.00000192. The van der Waals surface area contributed by atoms with Crippen molar-refractivity contribution in [2.24, 2.45) is 0 Å². The van der Waals surface area contributed by atoms with Crippen molar-refractivity contribution >= 4 is 47.4 Å². The number of carbonyl (C=O) groups excluding carboxylic acids is 1. The number of thioether (sulfide) groups is 1. The Morgan fingerprint density at radius 1 is 1.48 bits per heavy atom. The molecule has 0 fully saturated rings. The minimum Gasteiger partial charge on any atom is -0.319 e. The molecule has 124 valence electrons. The zero-order valence-corrected chi connectivity index (χ0v) is 15.0. The molecule has 1 aromatic carbocycles. The number of halogens is 2. The number of nitrogens with zero attached hydrogens (tertiary/aromatic N) is 1. The van der Waals surface area contributed by atoms with Gasteiger partial charge in [0.15, 0.2) is 5.69 Å². The van der Waals surface area contributed by atoms with Gasteiger partial charge in [-0.05, 0) is 24.0 Å². The van der Waals surface area contributed by atoms with Gasteiger partial charge in [-0.25, -0.2) is 0 Å². The van der Waals surface area contributed by atoms with Crippen molar-refractivity contribution in [3.8, 4) is 0 Å². The summed E-state index contributed by atoms with van der Waals surface area (Å²) in [4.78, 5) is 13.5. The van der Waals surface area contributed by atoms with Gasteiger partial charge >= 0.3 is 0 Å². The highest BCUT2D eigenvalue weighted by Gasteiger charge is 2.22. The molecule has 23 heavy (non-hydrogen) atoms. The van der Waals surface area contributed by atoms with Crippen LogP contribution >= 0.6 is 35.8 Å². The van der Waals surface area contributed by atoms with Gasteiger partial charge in [0.25, 0.3) is 5.91 Å². The minimum absolute atomic E-state index is 0. The Kier molecular flexibility index (Phi) is 6.35. The van der Waals surface area contributed by atoms with E-state index in [1.165, 1.54) is 0 Å². The van der Waals surface area contributed by atoms with Gasteiger partial charge in [0, 0.05) is 40.7 Å². The summed E-state index contributed by atoms with van der Waals surface area (Å²) in [7, 11) is 0. The molecule has 2 heterocycles. The third-order valence-corrected chi connectivity index (χ3v) is 4.70. The maximum atomic E-state index is 12.5. The van der Waals surface area contributed by atoms with Crippen molar-refractivity contribution in [3.63, 3.8) is 0 Å². The number of hydrogen-bond acceptors (Lipinski definition) is 4. The van der Waals surface area contributed by atoms with E-state index in [1.807, 2.05) is 12.1 Å². The second kappa shape index (κ2) is 8.06. The first kappa shape index (κ1) is 18.1. The van der Waals surface area contributed by atoms with Gasteiger partial charge in [0.05, 0.1) is 5.69 Å². The summed E-state index contributed by atoms with van der Waals surface area (Å²) in [5, 5.41) is 13.9. The molecule has 1 aliphatic heterocycles. The second-order valence-electron chi connectivity index (χ2n) is 4.98. The summed E-state index contributed by atoms with van der Waals surface area (Å²) >= 11 is 7.71. The van der Waals surface area contributed by atoms with Crippen LogP contribution in [0.2, 0.25) is 5.02 Å². The molecule has 0 saturated carbocycles. The summed E-state index contributed by atoms with van der Waals surface area (Å²) in [5.41, 5.74) is 3.17. The highest BCUT2D eigenvalue weighted by Crippen LogP contribution is 2.30. The molecule has 0 aliphatic carbocycles. The number of benzene rings is 1. The van der Waals surface area contributed by atoms with Crippen molar-refractivity contribution in [3.05, 3.63) is 40.2 Å². The minimum atomic E-state index is -0.207. The maximum Gasteiger partial charge on any atom is 0.276 e. The van der Waals surface area contributed by atoms with Gasteiger partial charge in [-0.3, -0.25) is 9.89 Å². The Bertz CT molecular complexity index is 705. The molecule has 1 amide bonds. The van der Waals surface area contributed by atoms with E-state index in [0.717, 1.165) is 40.6 Å². The number of H-pyrrole nitrogens is 1. The number of carbonyl (C=O) groups is 1. The van der Waals surface area contributed by atoms with Crippen LogP contribution in [0.5, 0.6) is 0 Å². The lowest BCUT2D eigenvalue weighted by Gasteiger charge is -2.14. The first-order valence-corrected chi connectivity index (χ1v) is 8.56. The van der Waals surface area contributed by atoms with Crippen LogP contribution in [0.4, 0.5) is 5.69 Å². The SMILES string of the molecule is CCSc1ccc(Cl)cc1NC(=O)c1n[nH]c2c1CNCC2.Cl. The molecule has 0 spiro atoms. The number of aromatic nitrogens is 2. The van der Waals surface area contributed by atoms with Crippen molar-refractivity contribution < 1.29 is 4.79 Å². The van der Waals surface area contributed by atoms with Crippen LogP contribution in [0.1, 0.15) is 28.7 Å². The Morgan fingerprint density at radius 3 is 3.09 bits per heavy atom. The standard InChI is InChI=1S/C15H17ClN4OS.ClH/c1-2-22-13-4-3-9(16)7-12(13)18-15(21)14-10-8-17-6-5-11(10)19-20-14;/h3-4,7,17H,2,5-6,8H2,1H3,(H,18,21)(H,19,20);1H. The average Bonchev–Trinajstić information content (AvgIpc) is 2.94. The van der Waals surface area contributed by atoms with E-state index in [0.29, 0.717) is 17.3 Å². The first-order chi connectivity index (χ1) is 10.7. The fourth-order valence-corrected chi connectivity index (χ4v) is 3.39. The molecule has 0 atom stereocenters. The van der Waals surface area contributed by atoms with Gasteiger partial charge in [-0.15, -0.1) is 24.2 Å². The molecule has 1 aliphatic rings. The van der Waals surface area contributed by atoms with Crippen molar-refractivity contribution in [2.75, 3.05) is 17.6 Å². The topological polar surface area (TPSA) is 69.8 Å². The predicted molar refractivity (Wildman–Crippen MR) is 97.0 cm³/mol. The number of fused-ring (bicyclic) bond motifs is 1. The molecule has 5 nitrogen and oxygen atoms in total. The molecule has 3 N–H and O–H groups in total. The fourth-order valence-electron chi connectivity index (χ4n) is 2.48. The number of nitrogens with one attached hydrogen (secondary N) is 3. The Morgan fingerprint density at radius 2 is 2.30 bits per heavy atom. The summed E-state index contributed by atoms with van der Waals surface area (Å²) in [6, 6.07) is 5.53. The average molecular weight is 373 g/mol. The van der Waals surface area contributed by atoms with Crippen molar-refractivity contribution in [1.29, 1.82) is 0 Å². The van der Waals surface area contributed by atoms with E-state index >= 15 is 0 Å². The van der Waals surface area contributed by atoms with E-state index in [9.17, 15) is 4.79 Å². The van der Waals surface area contributed by atoms with Crippen LogP contribution in [-0.4, -0.2) is 28.4 Å². The first-order valence-electron chi connectivity index (χ1n) is 7.19. The van der Waals surface area contributed by atoms with Crippen LogP contribution in [0.15, 0.2) is 23.1 Å². The monoisotopic (exact) mass is 372 g/mol. The quantitative estimate of drug-likeness (QED) is 0.718. The summed E-state index contributed by atoms with van der Waals surface area (Å²) in [5.74, 6) is 0.716. The van der Waals surface area contributed by atoms with E-state index in [4.69, 9.17) is 11.6 Å². The maximum absolute atomic E-state index is 12.5. The summed E-state index contributed by atoms with van der Waals surface area (Å²) < 4.78 is 0. The zero-order valence-electron chi connectivity index (χ0n) is 12.6. The van der Waals surface area contributed by atoms with Crippen LogP contribution in [0.25, 0.3) is 0 Å². The number of rotatable bonds is 4. The molecule has 8 heteroatoms. The van der Waals surface area contributed by atoms with E-state index < -0.39 is 0 Å². The van der Waals surface area contributed by atoms with Gasteiger partial charge in [-0.1, -0.05) is 18.5 Å². The number of aromatic amines is 1. The lowest BCUT2D eigenvalue weighted by atomic mass is 10.1. The third-order valence-electron chi connectivity index (χ3n) is 3.51. The van der Waals surface area contributed by atoms with Gasteiger partial charge in [0.2, 0.25) is 0 Å². The number of anilines is 1. The Labute approximate surface area is 150 Å². The molecule has 0 bridgehead atoms. The van der Waals surface area contributed by atoms with Crippen molar-refractivity contribution in [2.45, 2.75) is 24.8 Å². The van der Waals surface area contributed by atoms with Crippen molar-refractivity contribution in [1.82, 2.24) is 15.5 Å². The van der Waals surface area contributed by atoms with E-state index in [2.05, 4.69) is 27.8 Å². The van der Waals surface area contributed by atoms with Crippen LogP contribution < -0.4 is 10.6 Å². The fraction of sp³-hybridized carbons (Fsp3) is 0.333. The lowest BCUT2D eigenvalue weighted by Crippen LogP contribution is -2.25. The molecule has 2 aromatic rings. The van der Waals surface area contributed by atoms with Gasteiger partial charge in [0.1, 0.15) is 0 Å². The second-order valence-corrected chi connectivity index (χ2v) is 6.73. The highest BCUT2D eigenvalue weighted by molar-refractivity contribution is 7.99. The largest absolute Gasteiger partial charge is 0.319 e. The zero-order chi connectivity index (χ0) is 15.5. The van der Waals surface area contributed by atoms with Crippen LogP contribution in [-0.2, 0) is 13.0 Å². The molecular weight excluding hydrogens is 355 g/mol. The van der Waals surface area contributed by atoms with Crippen LogP contribution in [0.3, 0.4) is 0 Å². The molecular formula is C15H18Cl2N4OS. The predicted octanol–water partition coefficient (Wildman–Crippen LogP) is 3.49. The van der Waals surface area contributed by atoms with Gasteiger partial charge in [-0.2, -0.15) is 5.10 Å². The van der Waals surface area contributed by atoms with E-state index in [1.54, 1.807) is 17.8 Å². The molecule has 3 rings (SSSR count). The third kappa shape index (κ3) is 4.01. The number of amides is 1. The summed E-state index contributed by atoms with van der Waals surface area (Å²) in [6.45, 7) is 3.64. The van der Waals surface area contributed by atoms with Gasteiger partial charge < -0.3 is 10.6 Å². The smallest absolute Gasteiger partial charge is 0.276 e. The van der Waals surface area contributed by atoms with Crippen LogP contribution in [0, 0.1) is 0 Å². The summed E-state index contributed by atoms with van der Waals surface area (Å²) in [6.07, 6.45) is 0.865. The molecule has 1 aromatic heterocycles. The van der Waals surface area contributed by atoms with E-state index in [-0.39, 0.29) is 18.3 Å². The Hall–Kier alpha value is -1.21. The highest BCUT2D eigenvalue weighted by atomic mass is 35.5. The molecule has 0 saturated heterocycles. The molecule has 0 radical (unpaired) electrons. The normalized spacial score (nSPS) is 13.1. The lowest BCUT2D eigenvalue weighted by molar-refractivity contribution is 0.102.